The third kappa shape index (κ3) is 3.84. The van der Waals surface area contributed by atoms with Crippen LogP contribution in [0.3, 0.4) is 0 Å². The van der Waals surface area contributed by atoms with Crippen LogP contribution in [0.25, 0.3) is 5.76 Å². The Morgan fingerprint density at radius 2 is 1.94 bits per heavy atom. The topological polar surface area (TPSA) is 66.8 Å². The number of Topliss-reactive ketones (excluding diaryl/α,β-unsaturated/α-hetero) is 1. The summed E-state index contributed by atoms with van der Waals surface area (Å²) in [6.45, 7) is 2.20. The fourth-order valence-electron chi connectivity index (χ4n) is 3.80. The average molecular weight is 454 g/mol. The zero-order chi connectivity index (χ0) is 22.1. The summed E-state index contributed by atoms with van der Waals surface area (Å²) in [7, 11) is 1.50. The standard InChI is InChI=1S/C24H20ClNO4S/c1-14-6-3-4-8-17(14)21-20(22(27)15-9-10-19(30-2)18(25)12-15)23(28)24(29)26(21)13-16-7-5-11-31-16/h3-12,21,27H,13H2,1-2H3/b22-20+. The second kappa shape index (κ2) is 8.57. The minimum atomic E-state index is -0.714. The van der Waals surface area contributed by atoms with Gasteiger partial charge in [0.2, 0.25) is 0 Å². The van der Waals surface area contributed by atoms with Crippen molar-refractivity contribution < 1.29 is 19.4 Å². The molecule has 158 valence electrons. The van der Waals surface area contributed by atoms with Crippen molar-refractivity contribution in [3.63, 3.8) is 0 Å². The Morgan fingerprint density at radius 1 is 1.16 bits per heavy atom. The first-order valence-corrected chi connectivity index (χ1v) is 10.9. The van der Waals surface area contributed by atoms with Crippen molar-refractivity contribution in [1.29, 1.82) is 0 Å². The van der Waals surface area contributed by atoms with Gasteiger partial charge in [0, 0.05) is 10.4 Å². The van der Waals surface area contributed by atoms with Gasteiger partial charge in [-0.3, -0.25) is 9.59 Å². The molecule has 2 aromatic carbocycles. The van der Waals surface area contributed by atoms with Gasteiger partial charge in [-0.25, -0.2) is 0 Å². The average Bonchev–Trinajstić information content (AvgIpc) is 3.36. The summed E-state index contributed by atoms with van der Waals surface area (Å²) in [5, 5.41) is 13.4. The van der Waals surface area contributed by atoms with Gasteiger partial charge in [-0.2, -0.15) is 0 Å². The van der Waals surface area contributed by atoms with Gasteiger partial charge in [-0.15, -0.1) is 11.3 Å². The van der Waals surface area contributed by atoms with Crippen LogP contribution in [0.5, 0.6) is 5.75 Å². The Bertz CT molecular complexity index is 1190. The number of hydrogen-bond donors (Lipinski definition) is 1. The molecule has 1 aromatic heterocycles. The minimum Gasteiger partial charge on any atom is -0.507 e. The van der Waals surface area contributed by atoms with Gasteiger partial charge in [-0.1, -0.05) is 41.9 Å². The van der Waals surface area contributed by atoms with E-state index < -0.39 is 17.7 Å². The number of methoxy groups -OCH3 is 1. The SMILES string of the molecule is COc1ccc(/C(O)=C2\C(=O)C(=O)N(Cc3cccs3)C2c2ccccc2C)cc1Cl. The highest BCUT2D eigenvalue weighted by Crippen LogP contribution is 2.42. The van der Waals surface area contributed by atoms with Crippen molar-refractivity contribution in [2.45, 2.75) is 19.5 Å². The van der Waals surface area contributed by atoms with Crippen LogP contribution in [0, 0.1) is 6.92 Å². The molecule has 1 amide bonds. The van der Waals surface area contributed by atoms with Gasteiger partial charge in [0.15, 0.2) is 0 Å². The van der Waals surface area contributed by atoms with Crippen LogP contribution in [-0.2, 0) is 16.1 Å². The van der Waals surface area contributed by atoms with Crippen LogP contribution < -0.4 is 4.74 Å². The number of ketones is 1. The number of aliphatic hydroxyl groups excluding tert-OH is 1. The third-order valence-corrected chi connectivity index (χ3v) is 6.51. The second-order valence-corrected chi connectivity index (χ2v) is 8.65. The van der Waals surface area contributed by atoms with Crippen LogP contribution >= 0.6 is 22.9 Å². The van der Waals surface area contributed by atoms with Gasteiger partial charge >= 0.3 is 0 Å². The normalized spacial score (nSPS) is 17.9. The lowest BCUT2D eigenvalue weighted by Gasteiger charge is -2.26. The zero-order valence-corrected chi connectivity index (χ0v) is 18.5. The lowest BCUT2D eigenvalue weighted by molar-refractivity contribution is -0.140. The molecule has 1 aliphatic heterocycles. The maximum absolute atomic E-state index is 13.1. The summed E-state index contributed by atoms with van der Waals surface area (Å²) in [6, 6.07) is 15.4. The summed E-state index contributed by atoms with van der Waals surface area (Å²) < 4.78 is 5.17. The van der Waals surface area contributed by atoms with E-state index in [1.807, 2.05) is 48.7 Å². The van der Waals surface area contributed by atoms with Crippen LogP contribution in [-0.4, -0.2) is 28.8 Å². The number of aliphatic hydroxyl groups is 1. The molecule has 0 saturated carbocycles. The van der Waals surface area contributed by atoms with Crippen LogP contribution in [0.1, 0.15) is 27.6 Å². The van der Waals surface area contributed by atoms with Crippen molar-refractivity contribution in [1.82, 2.24) is 4.90 Å². The third-order valence-electron chi connectivity index (χ3n) is 5.35. The van der Waals surface area contributed by atoms with Gasteiger partial charge in [-0.05, 0) is 47.7 Å². The van der Waals surface area contributed by atoms with Crippen LogP contribution in [0.4, 0.5) is 0 Å². The number of ether oxygens (including phenoxy) is 1. The molecule has 0 bridgehead atoms. The Kier molecular flexibility index (Phi) is 5.85. The number of rotatable bonds is 5. The maximum Gasteiger partial charge on any atom is 0.295 e. The number of nitrogens with zero attached hydrogens (tertiary/aromatic N) is 1. The Hall–Kier alpha value is -3.09. The summed E-state index contributed by atoms with van der Waals surface area (Å²) in [5.41, 5.74) is 2.11. The van der Waals surface area contributed by atoms with E-state index in [0.29, 0.717) is 16.3 Å². The predicted molar refractivity (Wildman–Crippen MR) is 121 cm³/mol. The predicted octanol–water partition coefficient (Wildman–Crippen LogP) is 5.34. The number of benzene rings is 2. The van der Waals surface area contributed by atoms with E-state index in [1.165, 1.54) is 29.4 Å². The molecule has 0 aliphatic carbocycles. The van der Waals surface area contributed by atoms with E-state index in [1.54, 1.807) is 12.1 Å². The quantitative estimate of drug-likeness (QED) is 0.321. The number of amides is 1. The number of carbonyl (C=O) groups excluding carboxylic acids is 2. The number of carbonyl (C=O) groups is 2. The lowest BCUT2D eigenvalue weighted by Crippen LogP contribution is -2.29. The number of likely N-dealkylation sites (tertiary alicyclic amines) is 1. The summed E-state index contributed by atoms with van der Waals surface area (Å²) in [5.74, 6) is -1.16. The summed E-state index contributed by atoms with van der Waals surface area (Å²) in [6.07, 6.45) is 0. The van der Waals surface area contributed by atoms with Crippen molar-refractivity contribution in [3.8, 4) is 5.75 Å². The highest BCUT2D eigenvalue weighted by molar-refractivity contribution is 7.09. The molecule has 1 aliphatic rings. The molecule has 1 atom stereocenters. The second-order valence-electron chi connectivity index (χ2n) is 7.21. The number of halogens is 1. The Morgan fingerprint density at radius 3 is 2.58 bits per heavy atom. The maximum atomic E-state index is 13.1. The molecule has 1 saturated heterocycles. The van der Waals surface area contributed by atoms with E-state index in [4.69, 9.17) is 16.3 Å². The molecule has 1 N–H and O–H groups in total. The molecule has 5 nitrogen and oxygen atoms in total. The molecule has 31 heavy (non-hydrogen) atoms. The highest BCUT2D eigenvalue weighted by atomic mass is 35.5. The molecular weight excluding hydrogens is 434 g/mol. The molecule has 1 unspecified atom stereocenters. The van der Waals surface area contributed by atoms with Gasteiger partial charge in [0.05, 0.1) is 30.3 Å². The molecule has 1 fully saturated rings. The van der Waals surface area contributed by atoms with Crippen molar-refractivity contribution in [2.24, 2.45) is 0 Å². The number of hydrogen-bond acceptors (Lipinski definition) is 5. The zero-order valence-electron chi connectivity index (χ0n) is 17.0. The highest BCUT2D eigenvalue weighted by Gasteiger charge is 2.46. The molecule has 4 rings (SSSR count). The van der Waals surface area contributed by atoms with Crippen molar-refractivity contribution in [3.05, 3.63) is 92.1 Å². The summed E-state index contributed by atoms with van der Waals surface area (Å²) >= 11 is 7.74. The minimum absolute atomic E-state index is 0.0529. The first kappa shape index (κ1) is 21.2. The number of thiophene rings is 1. The fraction of sp³-hybridized carbons (Fsp3) is 0.167. The van der Waals surface area contributed by atoms with E-state index in [0.717, 1.165) is 16.0 Å². The smallest absolute Gasteiger partial charge is 0.295 e. The summed E-state index contributed by atoms with van der Waals surface area (Å²) in [4.78, 5) is 28.6. The number of aryl methyl sites for hydroxylation is 1. The van der Waals surface area contributed by atoms with E-state index in [-0.39, 0.29) is 17.9 Å². The largest absolute Gasteiger partial charge is 0.507 e. The van der Waals surface area contributed by atoms with Gasteiger partial charge < -0.3 is 14.7 Å². The Balaban J connectivity index is 1.89. The molecule has 7 heteroatoms. The molecule has 2 heterocycles. The molecular formula is C24H20ClNO4S. The van der Waals surface area contributed by atoms with E-state index >= 15 is 0 Å². The van der Waals surface area contributed by atoms with Gasteiger partial charge in [0.25, 0.3) is 11.7 Å². The van der Waals surface area contributed by atoms with E-state index in [2.05, 4.69) is 0 Å². The lowest BCUT2D eigenvalue weighted by atomic mass is 9.92. The van der Waals surface area contributed by atoms with Crippen molar-refractivity contribution >= 4 is 40.4 Å². The van der Waals surface area contributed by atoms with Crippen molar-refractivity contribution in [2.75, 3.05) is 7.11 Å². The first-order valence-electron chi connectivity index (χ1n) is 9.62. The molecule has 0 radical (unpaired) electrons. The molecule has 0 spiro atoms. The molecule has 3 aromatic rings. The fourth-order valence-corrected chi connectivity index (χ4v) is 4.76. The Labute approximate surface area is 189 Å². The monoisotopic (exact) mass is 453 g/mol. The first-order chi connectivity index (χ1) is 14.9. The van der Waals surface area contributed by atoms with Gasteiger partial charge in [0.1, 0.15) is 11.5 Å². The van der Waals surface area contributed by atoms with Crippen LogP contribution in [0.2, 0.25) is 5.02 Å². The van der Waals surface area contributed by atoms with Crippen LogP contribution in [0.15, 0.2) is 65.6 Å². The van der Waals surface area contributed by atoms with E-state index in [9.17, 15) is 14.7 Å².